The molecular formula is C11H13N5O. The molecule has 0 atom stereocenters. The van der Waals surface area contributed by atoms with Crippen molar-refractivity contribution in [2.24, 2.45) is 5.84 Å². The summed E-state index contributed by atoms with van der Waals surface area (Å²) in [6.07, 6.45) is 0. The largest absolute Gasteiger partial charge is 0.356 e. The van der Waals surface area contributed by atoms with Gasteiger partial charge in [-0.2, -0.15) is 9.97 Å². The molecule has 1 heterocycles. The van der Waals surface area contributed by atoms with Crippen LogP contribution in [0.4, 0.5) is 5.95 Å². The van der Waals surface area contributed by atoms with Crippen molar-refractivity contribution in [3.05, 3.63) is 46.6 Å². The zero-order chi connectivity index (χ0) is 12.4. The lowest BCUT2D eigenvalue weighted by atomic mass is 10.3. The molecule has 0 amide bonds. The number of hydrogen-bond acceptors (Lipinski definition) is 5. The van der Waals surface area contributed by atoms with Crippen LogP contribution in [0.15, 0.2) is 35.1 Å². The van der Waals surface area contributed by atoms with Crippen LogP contribution in [-0.4, -0.2) is 21.6 Å². The molecule has 0 aliphatic rings. The summed E-state index contributed by atoms with van der Waals surface area (Å²) in [7, 11) is 1.58. The van der Waals surface area contributed by atoms with E-state index in [4.69, 9.17) is 5.84 Å². The monoisotopic (exact) mass is 231 g/mol. The number of nitrogens with two attached hydrogens (primary N) is 1. The first-order valence-electron chi connectivity index (χ1n) is 5.11. The van der Waals surface area contributed by atoms with Crippen molar-refractivity contribution in [1.82, 2.24) is 14.5 Å². The molecule has 0 unspecified atom stereocenters. The molecule has 0 fully saturated rings. The molecule has 0 spiro atoms. The Bertz CT molecular complexity index is 576. The van der Waals surface area contributed by atoms with Gasteiger partial charge in [-0.05, 0) is 19.1 Å². The van der Waals surface area contributed by atoms with Crippen LogP contribution < -0.4 is 16.5 Å². The van der Waals surface area contributed by atoms with Gasteiger partial charge in [-0.25, -0.2) is 15.2 Å². The fourth-order valence-electron chi connectivity index (χ4n) is 1.53. The number of aryl methyl sites for hydroxylation is 1. The minimum atomic E-state index is -0.393. The maximum Gasteiger partial charge on any atom is 0.356 e. The number of anilines is 1. The lowest BCUT2D eigenvalue weighted by Gasteiger charge is -2.13. The highest BCUT2D eigenvalue weighted by Gasteiger charge is 2.09. The van der Waals surface area contributed by atoms with Crippen molar-refractivity contribution in [1.29, 1.82) is 0 Å². The normalized spacial score (nSPS) is 10.3. The van der Waals surface area contributed by atoms with E-state index in [1.165, 1.54) is 9.58 Å². The molecule has 17 heavy (non-hydrogen) atoms. The Morgan fingerprint density at radius 2 is 1.88 bits per heavy atom. The maximum absolute atomic E-state index is 11.9. The van der Waals surface area contributed by atoms with Gasteiger partial charge in [0.2, 0.25) is 5.95 Å². The predicted molar refractivity (Wildman–Crippen MR) is 65.0 cm³/mol. The summed E-state index contributed by atoms with van der Waals surface area (Å²) in [5, 5.41) is 1.21. The number of nitrogens with zero attached hydrogens (tertiary/aromatic N) is 4. The minimum absolute atomic E-state index is 0.208. The zero-order valence-electron chi connectivity index (χ0n) is 9.66. The molecule has 88 valence electrons. The Kier molecular flexibility index (Phi) is 2.88. The Labute approximate surface area is 98.3 Å². The van der Waals surface area contributed by atoms with Gasteiger partial charge in [0.25, 0.3) is 0 Å². The summed E-state index contributed by atoms with van der Waals surface area (Å²) < 4.78 is 1.44. The van der Waals surface area contributed by atoms with E-state index in [9.17, 15) is 4.79 Å². The number of hydrazine groups is 1. The molecule has 0 radical (unpaired) electrons. The third kappa shape index (κ3) is 2.16. The SMILES string of the molecule is Cc1nc(N(C)N)nc(=O)n1-c1ccccc1. The third-order valence-corrected chi connectivity index (χ3v) is 2.30. The Balaban J connectivity index is 2.61. The van der Waals surface area contributed by atoms with Crippen molar-refractivity contribution < 1.29 is 0 Å². The molecule has 0 bridgehead atoms. The van der Waals surface area contributed by atoms with Crippen molar-refractivity contribution in [2.45, 2.75) is 6.92 Å². The first kappa shape index (κ1) is 11.3. The number of benzene rings is 1. The topological polar surface area (TPSA) is 77.0 Å². The highest BCUT2D eigenvalue weighted by atomic mass is 16.1. The molecule has 0 aliphatic heterocycles. The van der Waals surface area contributed by atoms with Gasteiger partial charge in [-0.1, -0.05) is 18.2 Å². The molecule has 0 saturated carbocycles. The van der Waals surface area contributed by atoms with Gasteiger partial charge in [0.05, 0.1) is 5.69 Å². The van der Waals surface area contributed by atoms with E-state index in [1.807, 2.05) is 30.3 Å². The summed E-state index contributed by atoms with van der Waals surface area (Å²) >= 11 is 0. The average molecular weight is 231 g/mol. The molecule has 2 aromatic rings. The summed E-state index contributed by atoms with van der Waals surface area (Å²) in [4.78, 5) is 19.9. The molecule has 2 rings (SSSR count). The van der Waals surface area contributed by atoms with Crippen LogP contribution in [0.25, 0.3) is 5.69 Å². The van der Waals surface area contributed by atoms with Gasteiger partial charge in [-0.3, -0.25) is 5.01 Å². The van der Waals surface area contributed by atoms with Gasteiger partial charge >= 0.3 is 5.69 Å². The minimum Gasteiger partial charge on any atom is -0.282 e. The number of hydrogen-bond donors (Lipinski definition) is 1. The van der Waals surface area contributed by atoms with Gasteiger partial charge < -0.3 is 0 Å². The third-order valence-electron chi connectivity index (χ3n) is 2.30. The van der Waals surface area contributed by atoms with E-state index >= 15 is 0 Å². The van der Waals surface area contributed by atoms with Gasteiger partial charge in [0, 0.05) is 7.05 Å². The molecule has 2 N–H and O–H groups in total. The lowest BCUT2D eigenvalue weighted by molar-refractivity contribution is 0.781. The first-order valence-corrected chi connectivity index (χ1v) is 5.11. The lowest BCUT2D eigenvalue weighted by Crippen LogP contribution is -2.33. The molecule has 1 aromatic heterocycles. The second kappa shape index (κ2) is 4.34. The summed E-state index contributed by atoms with van der Waals surface area (Å²) in [6.45, 7) is 1.74. The van der Waals surface area contributed by atoms with Gasteiger partial charge in [0.1, 0.15) is 5.82 Å². The summed E-state index contributed by atoms with van der Waals surface area (Å²) in [6, 6.07) is 9.23. The molecule has 6 heteroatoms. The average Bonchev–Trinajstić information content (AvgIpc) is 2.29. The maximum atomic E-state index is 11.9. The van der Waals surface area contributed by atoms with Crippen LogP contribution in [0.1, 0.15) is 5.82 Å². The molecule has 1 aromatic carbocycles. The van der Waals surface area contributed by atoms with Gasteiger partial charge in [-0.15, -0.1) is 0 Å². The second-order valence-corrected chi connectivity index (χ2v) is 3.64. The summed E-state index contributed by atoms with van der Waals surface area (Å²) in [5.74, 6) is 6.25. The number of rotatable bonds is 2. The number of aromatic nitrogens is 3. The predicted octanol–water partition coefficient (Wildman–Crippen LogP) is 0.246. The van der Waals surface area contributed by atoms with Crippen LogP contribution in [-0.2, 0) is 0 Å². The van der Waals surface area contributed by atoms with E-state index in [1.54, 1.807) is 14.0 Å². The Morgan fingerprint density at radius 3 is 2.41 bits per heavy atom. The van der Waals surface area contributed by atoms with E-state index in [0.29, 0.717) is 5.82 Å². The van der Waals surface area contributed by atoms with Crippen LogP contribution in [0.5, 0.6) is 0 Å². The quantitative estimate of drug-likeness (QED) is 0.592. The highest BCUT2D eigenvalue weighted by Crippen LogP contribution is 2.07. The smallest absolute Gasteiger partial charge is 0.282 e. The van der Waals surface area contributed by atoms with E-state index in [-0.39, 0.29) is 5.95 Å². The zero-order valence-corrected chi connectivity index (χ0v) is 9.66. The van der Waals surface area contributed by atoms with Gasteiger partial charge in [0.15, 0.2) is 0 Å². The van der Waals surface area contributed by atoms with Crippen LogP contribution in [0.2, 0.25) is 0 Å². The first-order chi connectivity index (χ1) is 8.09. The van der Waals surface area contributed by atoms with Crippen molar-refractivity contribution in [3.63, 3.8) is 0 Å². The highest BCUT2D eigenvalue weighted by molar-refractivity contribution is 5.34. The van der Waals surface area contributed by atoms with Crippen LogP contribution in [0.3, 0.4) is 0 Å². The molecule has 6 nitrogen and oxygen atoms in total. The standard InChI is InChI=1S/C11H13N5O/c1-8-13-10(15(2)12)14-11(17)16(8)9-6-4-3-5-7-9/h3-7H,12H2,1-2H3. The Morgan fingerprint density at radius 1 is 1.24 bits per heavy atom. The van der Waals surface area contributed by atoms with Crippen LogP contribution >= 0.6 is 0 Å². The Hall–Kier alpha value is -2.21. The number of para-hydroxylation sites is 1. The van der Waals surface area contributed by atoms with Crippen LogP contribution in [0, 0.1) is 6.92 Å². The van der Waals surface area contributed by atoms with E-state index < -0.39 is 5.69 Å². The van der Waals surface area contributed by atoms with E-state index in [0.717, 1.165) is 5.69 Å². The molecule has 0 saturated heterocycles. The second-order valence-electron chi connectivity index (χ2n) is 3.64. The molecule has 0 aliphatic carbocycles. The molecular weight excluding hydrogens is 218 g/mol. The van der Waals surface area contributed by atoms with Crippen molar-refractivity contribution in [2.75, 3.05) is 12.1 Å². The summed E-state index contributed by atoms with van der Waals surface area (Å²) in [5.41, 5.74) is 0.345. The fraction of sp³-hybridized carbons (Fsp3) is 0.182. The van der Waals surface area contributed by atoms with Crippen molar-refractivity contribution in [3.8, 4) is 5.69 Å². The van der Waals surface area contributed by atoms with Crippen molar-refractivity contribution >= 4 is 5.95 Å². The fourth-order valence-corrected chi connectivity index (χ4v) is 1.53. The van der Waals surface area contributed by atoms with E-state index in [2.05, 4.69) is 9.97 Å².